The third kappa shape index (κ3) is 2.58. The number of nitrogens with zero attached hydrogens (tertiary/aromatic N) is 7. The quantitative estimate of drug-likeness (QED) is 0.555. The molecular weight excluding hydrogens is 338 g/mol. The van der Waals surface area contributed by atoms with Gasteiger partial charge in [-0.2, -0.15) is 0 Å². The molecule has 0 atom stereocenters. The molecule has 4 N–H and O–H groups in total. The molecule has 0 unspecified atom stereocenters. The van der Waals surface area contributed by atoms with E-state index in [-0.39, 0.29) is 18.5 Å². The zero-order chi connectivity index (χ0) is 18.3. The summed E-state index contributed by atoms with van der Waals surface area (Å²) in [6.45, 7) is 1.38. The van der Waals surface area contributed by atoms with Crippen molar-refractivity contribution < 1.29 is 9.90 Å². The number of amides is 1. The fraction of sp³-hybridized carbons (Fsp3) is 0.333. The van der Waals surface area contributed by atoms with Crippen LogP contribution in [0.15, 0.2) is 12.4 Å². The number of imidazole rings is 1. The van der Waals surface area contributed by atoms with E-state index in [0.717, 1.165) is 0 Å². The van der Waals surface area contributed by atoms with Gasteiger partial charge in [0, 0.05) is 39.1 Å². The molecule has 4 rings (SSSR count). The van der Waals surface area contributed by atoms with Crippen LogP contribution in [0, 0.1) is 0 Å². The second-order valence-corrected chi connectivity index (χ2v) is 5.86. The molecule has 0 radical (unpaired) electrons. The highest BCUT2D eigenvalue weighted by atomic mass is 16.3. The maximum absolute atomic E-state index is 12.4. The van der Waals surface area contributed by atoms with Gasteiger partial charge in [-0.25, -0.2) is 24.9 Å². The monoisotopic (exact) mass is 355 g/mol. The maximum atomic E-state index is 12.4. The molecular formula is C15H17N9O2. The van der Waals surface area contributed by atoms with Crippen LogP contribution >= 0.6 is 0 Å². The van der Waals surface area contributed by atoms with Crippen LogP contribution < -0.4 is 11.1 Å². The predicted molar refractivity (Wildman–Crippen MR) is 93.3 cm³/mol. The number of hydrogen-bond acceptors (Lipinski definition) is 9. The van der Waals surface area contributed by atoms with Gasteiger partial charge >= 0.3 is 0 Å². The number of anilines is 2. The highest BCUT2D eigenvalue weighted by molar-refractivity contribution is 5.97. The topological polar surface area (TPSA) is 148 Å². The van der Waals surface area contributed by atoms with Gasteiger partial charge < -0.3 is 25.6 Å². The van der Waals surface area contributed by atoms with Gasteiger partial charge in [-0.05, 0) is 0 Å². The van der Waals surface area contributed by atoms with E-state index >= 15 is 0 Å². The van der Waals surface area contributed by atoms with Gasteiger partial charge in [0.15, 0.2) is 22.8 Å². The zero-order valence-electron chi connectivity index (χ0n) is 14.0. The highest BCUT2D eigenvalue weighted by Crippen LogP contribution is 2.27. The molecule has 3 aromatic rings. The molecule has 3 aromatic heterocycles. The maximum Gasteiger partial charge on any atom is 0.289 e. The van der Waals surface area contributed by atoms with Crippen LogP contribution in [-0.2, 0) is 6.54 Å². The molecule has 0 aromatic carbocycles. The SMILES string of the molecule is CN1CCn2c(nc3c(NCCO)nc(-c4cnc(N)nc4)nc32)C1=O. The first-order chi connectivity index (χ1) is 12.6. The second-order valence-electron chi connectivity index (χ2n) is 5.86. The lowest BCUT2D eigenvalue weighted by Gasteiger charge is -2.23. The van der Waals surface area contributed by atoms with E-state index in [0.29, 0.717) is 53.8 Å². The van der Waals surface area contributed by atoms with Crippen molar-refractivity contribution in [2.75, 3.05) is 37.8 Å². The van der Waals surface area contributed by atoms with Gasteiger partial charge in [0.2, 0.25) is 11.8 Å². The van der Waals surface area contributed by atoms with Crippen molar-refractivity contribution in [2.45, 2.75) is 6.54 Å². The first-order valence-corrected chi connectivity index (χ1v) is 8.05. The Morgan fingerprint density at radius 3 is 2.73 bits per heavy atom. The molecule has 0 saturated heterocycles. The number of likely N-dealkylation sites (N-methyl/N-ethyl adjacent to an activating group) is 1. The Kier molecular flexibility index (Phi) is 3.84. The lowest BCUT2D eigenvalue weighted by molar-refractivity contribution is 0.0743. The van der Waals surface area contributed by atoms with E-state index < -0.39 is 0 Å². The summed E-state index contributed by atoms with van der Waals surface area (Å²) in [6, 6.07) is 0. The van der Waals surface area contributed by atoms with Crippen LogP contribution in [0.2, 0.25) is 0 Å². The van der Waals surface area contributed by atoms with E-state index in [1.54, 1.807) is 16.5 Å². The molecule has 11 heteroatoms. The van der Waals surface area contributed by atoms with Crippen LogP contribution in [-0.4, -0.2) is 72.1 Å². The summed E-state index contributed by atoms with van der Waals surface area (Å²) in [5.74, 6) is 1.13. The smallest absolute Gasteiger partial charge is 0.289 e. The van der Waals surface area contributed by atoms with Crippen LogP contribution in [0.1, 0.15) is 10.6 Å². The number of fused-ring (bicyclic) bond motifs is 3. The van der Waals surface area contributed by atoms with Gasteiger partial charge in [-0.15, -0.1) is 0 Å². The number of hydrogen-bond donors (Lipinski definition) is 3. The summed E-state index contributed by atoms with van der Waals surface area (Å²) < 4.78 is 1.78. The Morgan fingerprint density at radius 1 is 1.23 bits per heavy atom. The van der Waals surface area contributed by atoms with Crippen LogP contribution in [0.4, 0.5) is 11.8 Å². The van der Waals surface area contributed by atoms with Crippen molar-refractivity contribution in [1.29, 1.82) is 0 Å². The van der Waals surface area contributed by atoms with Crippen molar-refractivity contribution in [3.05, 3.63) is 18.2 Å². The molecule has 134 valence electrons. The Hall–Kier alpha value is -3.34. The van der Waals surface area contributed by atoms with Crippen molar-refractivity contribution in [1.82, 2.24) is 34.4 Å². The molecule has 1 aliphatic heterocycles. The minimum Gasteiger partial charge on any atom is -0.395 e. The van der Waals surface area contributed by atoms with Crippen molar-refractivity contribution in [3.63, 3.8) is 0 Å². The molecule has 11 nitrogen and oxygen atoms in total. The first-order valence-electron chi connectivity index (χ1n) is 8.05. The summed E-state index contributed by atoms with van der Waals surface area (Å²) in [7, 11) is 1.74. The van der Waals surface area contributed by atoms with Crippen LogP contribution in [0.25, 0.3) is 22.6 Å². The molecule has 0 fully saturated rings. The fourth-order valence-electron chi connectivity index (χ4n) is 2.78. The fourth-order valence-corrected chi connectivity index (χ4v) is 2.78. The summed E-state index contributed by atoms with van der Waals surface area (Å²) in [5.41, 5.74) is 7.15. The molecule has 1 amide bonds. The molecule has 1 aliphatic rings. The summed E-state index contributed by atoms with van der Waals surface area (Å²) in [4.78, 5) is 35.4. The molecule has 4 heterocycles. The Labute approximate surface area is 147 Å². The number of carbonyl (C=O) groups is 1. The number of nitrogens with two attached hydrogens (primary N) is 1. The van der Waals surface area contributed by atoms with E-state index in [4.69, 9.17) is 10.8 Å². The van der Waals surface area contributed by atoms with Gasteiger partial charge in [0.1, 0.15) is 0 Å². The van der Waals surface area contributed by atoms with E-state index in [1.807, 2.05) is 0 Å². The van der Waals surface area contributed by atoms with E-state index in [2.05, 4.69) is 30.2 Å². The molecule has 0 saturated carbocycles. The average Bonchev–Trinajstić information content (AvgIpc) is 3.03. The lowest BCUT2D eigenvalue weighted by Crippen LogP contribution is -2.37. The average molecular weight is 355 g/mol. The second kappa shape index (κ2) is 6.19. The highest BCUT2D eigenvalue weighted by Gasteiger charge is 2.28. The minimum atomic E-state index is -0.167. The third-order valence-electron chi connectivity index (χ3n) is 4.13. The third-order valence-corrected chi connectivity index (χ3v) is 4.13. The molecule has 0 bridgehead atoms. The van der Waals surface area contributed by atoms with Gasteiger partial charge in [-0.3, -0.25) is 4.79 Å². The van der Waals surface area contributed by atoms with Crippen LogP contribution in [0.3, 0.4) is 0 Å². The van der Waals surface area contributed by atoms with Crippen LogP contribution in [0.5, 0.6) is 0 Å². The molecule has 0 aliphatic carbocycles. The van der Waals surface area contributed by atoms with Crippen molar-refractivity contribution >= 4 is 28.8 Å². The summed E-state index contributed by atoms with van der Waals surface area (Å²) >= 11 is 0. The number of aliphatic hydroxyl groups is 1. The largest absolute Gasteiger partial charge is 0.395 e. The first kappa shape index (κ1) is 16.1. The minimum absolute atomic E-state index is 0.0684. The summed E-state index contributed by atoms with van der Waals surface area (Å²) in [5, 5.41) is 12.2. The van der Waals surface area contributed by atoms with Gasteiger partial charge in [0.05, 0.1) is 12.2 Å². The Morgan fingerprint density at radius 2 is 2.00 bits per heavy atom. The van der Waals surface area contributed by atoms with Gasteiger partial charge in [-0.1, -0.05) is 0 Å². The predicted octanol–water partition coefficient (Wildman–Crippen LogP) is -0.645. The summed E-state index contributed by atoms with van der Waals surface area (Å²) in [6.07, 6.45) is 3.07. The number of aromatic nitrogens is 6. The molecule has 26 heavy (non-hydrogen) atoms. The Bertz CT molecular complexity index is 983. The standard InChI is InChI=1S/C15H17N9O2/c1-23-3-4-24-12-9(20-13(24)14(23)26)11(17-2-5-25)21-10(22-12)8-6-18-15(16)19-7-8/h6-7,25H,2-5H2,1H3,(H2,16,18,19)(H,17,21,22). The molecule has 0 spiro atoms. The van der Waals surface area contributed by atoms with E-state index in [9.17, 15) is 4.79 Å². The number of nitrogens with one attached hydrogen (secondary N) is 1. The number of carbonyl (C=O) groups excluding carboxylic acids is 1. The van der Waals surface area contributed by atoms with Crippen molar-refractivity contribution in [3.8, 4) is 11.4 Å². The lowest BCUT2D eigenvalue weighted by atomic mass is 10.3. The normalized spacial score (nSPS) is 13.9. The number of nitrogen functional groups attached to an aromatic ring is 1. The van der Waals surface area contributed by atoms with Gasteiger partial charge in [0.25, 0.3) is 5.91 Å². The van der Waals surface area contributed by atoms with Crippen molar-refractivity contribution in [2.24, 2.45) is 0 Å². The van der Waals surface area contributed by atoms with E-state index in [1.165, 1.54) is 12.4 Å². The zero-order valence-corrected chi connectivity index (χ0v) is 14.0. The number of aliphatic hydroxyl groups excluding tert-OH is 1. The number of rotatable bonds is 4. The Balaban J connectivity index is 1.92.